The number of fused-ring (bicyclic) bond motifs is 40. The summed E-state index contributed by atoms with van der Waals surface area (Å²) in [4.78, 5) is 42.0. The SMILES string of the molecule is c1ccc(-c2nc(-c3ccc4oc5ccc6ccccc6c5c4c3)nc(-n3c4ccc5ccccc5c4c4c5sc6ccccc6c5ccc43)n2)cc1.c1ccc(-c2nc(-c3ccc4oc5ccc6ccccc6c5c4c3)nc(-n3c4ccccc4c4c5sc6ccccc6c5ccc43)n2)cc1.c1ccc2c(c1)cc(-c1nc(-n3c4ccccc4c4c5ccccc5c5ccccc5c43)nc3ccccc13)c1oc3ccccc3c12. The van der Waals surface area contributed by atoms with Crippen LogP contribution in [0.1, 0.15) is 0 Å². The highest BCUT2D eigenvalue weighted by Gasteiger charge is 2.30. The van der Waals surface area contributed by atoms with Crippen molar-refractivity contribution in [1.82, 2.24) is 53.6 Å². The number of para-hydroxylation sites is 4. The summed E-state index contributed by atoms with van der Waals surface area (Å²) >= 11 is 3.69. The molecule has 34 aromatic rings. The van der Waals surface area contributed by atoms with Crippen LogP contribution >= 0.6 is 22.7 Å². The van der Waals surface area contributed by atoms with Crippen molar-refractivity contribution >= 4 is 270 Å². The zero-order valence-electron chi connectivity index (χ0n) is 79.8. The molecule has 16 heteroatoms. The second-order valence-corrected chi connectivity index (χ2v) is 40.6. The van der Waals surface area contributed by atoms with Crippen molar-refractivity contribution in [2.24, 2.45) is 0 Å². The number of rotatable bonds is 8. The Balaban J connectivity index is 0.0000000994. The van der Waals surface area contributed by atoms with Crippen LogP contribution in [0, 0.1) is 0 Å². The number of aromatic nitrogens is 11. The largest absolute Gasteiger partial charge is 0.456 e. The van der Waals surface area contributed by atoms with Crippen LogP contribution in [0.4, 0.5) is 0 Å². The van der Waals surface area contributed by atoms with Gasteiger partial charge in [0.25, 0.3) is 0 Å². The number of hydrogen-bond acceptors (Lipinski definition) is 13. The molecule has 0 saturated carbocycles. The normalized spacial score (nSPS) is 12.1. The molecule has 14 nitrogen and oxygen atoms in total. The van der Waals surface area contributed by atoms with Crippen molar-refractivity contribution in [2.45, 2.75) is 0 Å². The lowest BCUT2D eigenvalue weighted by atomic mass is 9.97. The van der Waals surface area contributed by atoms with Gasteiger partial charge in [0, 0.05) is 144 Å². The molecule has 0 aliphatic carbocycles. The fourth-order valence-electron chi connectivity index (χ4n) is 23.7. The van der Waals surface area contributed by atoms with E-state index in [9.17, 15) is 0 Å². The summed E-state index contributed by atoms with van der Waals surface area (Å²) in [6.45, 7) is 0. The maximum absolute atomic E-state index is 6.70. The van der Waals surface area contributed by atoms with E-state index < -0.39 is 0 Å². The molecule has 0 aliphatic heterocycles. The van der Waals surface area contributed by atoms with Crippen molar-refractivity contribution in [2.75, 3.05) is 0 Å². The number of furan rings is 3. The molecule has 11 aromatic heterocycles. The number of benzene rings is 23. The summed E-state index contributed by atoms with van der Waals surface area (Å²) in [7, 11) is 0. The van der Waals surface area contributed by atoms with Gasteiger partial charge >= 0.3 is 0 Å². The minimum atomic E-state index is 0.576. The van der Waals surface area contributed by atoms with Crippen LogP contribution in [0.2, 0.25) is 0 Å². The van der Waals surface area contributed by atoms with Gasteiger partial charge in [0.05, 0.1) is 44.3 Å². The van der Waals surface area contributed by atoms with Gasteiger partial charge in [-0.05, 0) is 168 Å². The molecule has 0 N–H and O–H groups in total. The Bertz CT molecular complexity index is 11800. The maximum atomic E-state index is 6.70. The van der Waals surface area contributed by atoms with Gasteiger partial charge in [0.1, 0.15) is 33.5 Å². The molecular formula is C134H75N11O3S2. The first-order chi connectivity index (χ1) is 74.4. The number of nitrogens with zero attached hydrogens (tertiary/aromatic N) is 11. The lowest BCUT2D eigenvalue weighted by molar-refractivity contribution is 0.669. The van der Waals surface area contributed by atoms with Crippen molar-refractivity contribution < 1.29 is 13.3 Å². The summed E-state index contributed by atoms with van der Waals surface area (Å²) in [5, 5.41) is 34.0. The van der Waals surface area contributed by atoms with Gasteiger partial charge in [-0.15, -0.1) is 22.7 Å². The fourth-order valence-corrected chi connectivity index (χ4v) is 26.2. The molecule has 23 aromatic carbocycles. The van der Waals surface area contributed by atoms with E-state index in [-0.39, 0.29) is 0 Å². The van der Waals surface area contributed by atoms with Crippen LogP contribution in [0.5, 0.6) is 0 Å². The van der Waals surface area contributed by atoms with Crippen LogP contribution < -0.4 is 0 Å². The quantitative estimate of drug-likeness (QED) is 0.133. The van der Waals surface area contributed by atoms with E-state index in [1.54, 1.807) is 0 Å². The van der Waals surface area contributed by atoms with E-state index in [1.807, 2.05) is 89.4 Å². The summed E-state index contributed by atoms with van der Waals surface area (Å²) in [5.74, 6) is 4.24. The van der Waals surface area contributed by atoms with Crippen LogP contribution in [0.15, 0.2) is 468 Å². The summed E-state index contributed by atoms with van der Waals surface area (Å²) < 4.78 is 31.2. The highest BCUT2D eigenvalue weighted by molar-refractivity contribution is 7.27. The Labute approximate surface area is 859 Å². The summed E-state index contributed by atoms with van der Waals surface area (Å²) in [5.41, 5.74) is 17.9. The summed E-state index contributed by atoms with van der Waals surface area (Å²) in [6.07, 6.45) is 0. The Morgan fingerprint density at radius 1 is 0.187 bits per heavy atom. The minimum Gasteiger partial charge on any atom is -0.456 e. The monoisotopic (exact) mass is 1950 g/mol. The smallest absolute Gasteiger partial charge is 0.238 e. The first-order valence-electron chi connectivity index (χ1n) is 50.2. The van der Waals surface area contributed by atoms with Crippen LogP contribution in [-0.2, 0) is 0 Å². The molecule has 0 radical (unpaired) electrons. The van der Waals surface area contributed by atoms with Crippen LogP contribution in [0.25, 0.3) is 322 Å². The van der Waals surface area contributed by atoms with Crippen molar-refractivity contribution in [3.63, 3.8) is 0 Å². The molecule has 0 saturated heterocycles. The second kappa shape index (κ2) is 32.9. The summed E-state index contributed by atoms with van der Waals surface area (Å²) in [6, 6.07) is 159. The molecule has 0 atom stereocenters. The van der Waals surface area contributed by atoms with E-state index in [0.29, 0.717) is 41.1 Å². The van der Waals surface area contributed by atoms with Gasteiger partial charge in [-0.1, -0.05) is 346 Å². The van der Waals surface area contributed by atoms with Crippen molar-refractivity contribution in [3.05, 3.63) is 455 Å². The molecule has 0 unspecified atom stereocenters. The Hall–Kier alpha value is -19.8. The van der Waals surface area contributed by atoms with E-state index in [1.165, 1.54) is 121 Å². The van der Waals surface area contributed by atoms with E-state index in [0.717, 1.165) is 159 Å². The first-order valence-corrected chi connectivity index (χ1v) is 51.9. The molecule has 0 amide bonds. The van der Waals surface area contributed by atoms with Crippen LogP contribution in [0.3, 0.4) is 0 Å². The zero-order chi connectivity index (χ0) is 98.0. The third-order valence-corrected chi connectivity index (χ3v) is 32.7. The molecule has 150 heavy (non-hydrogen) atoms. The Kier molecular flexibility index (Phi) is 18.3. The topological polar surface area (TPSA) is 157 Å². The molecule has 0 bridgehead atoms. The van der Waals surface area contributed by atoms with Gasteiger partial charge in [-0.3, -0.25) is 13.7 Å². The Morgan fingerprint density at radius 2 is 0.573 bits per heavy atom. The number of thiophene rings is 2. The van der Waals surface area contributed by atoms with Crippen molar-refractivity contribution in [3.8, 4) is 74.7 Å². The first kappa shape index (κ1) is 83.7. The molecule has 11 heterocycles. The second-order valence-electron chi connectivity index (χ2n) is 38.5. The zero-order valence-corrected chi connectivity index (χ0v) is 81.4. The van der Waals surface area contributed by atoms with Gasteiger partial charge in [0.15, 0.2) is 23.3 Å². The fraction of sp³-hybridized carbons (Fsp3) is 0. The highest BCUT2D eigenvalue weighted by Crippen LogP contribution is 2.52. The maximum Gasteiger partial charge on any atom is 0.238 e. The van der Waals surface area contributed by atoms with E-state index in [2.05, 4.69) is 402 Å². The van der Waals surface area contributed by atoms with Gasteiger partial charge < -0.3 is 13.3 Å². The average molecular weight is 1950 g/mol. The predicted octanol–water partition coefficient (Wildman–Crippen LogP) is 36.4. The Morgan fingerprint density at radius 3 is 1.15 bits per heavy atom. The third kappa shape index (κ3) is 12.8. The minimum absolute atomic E-state index is 0.576. The van der Waals surface area contributed by atoms with E-state index in [4.69, 9.17) is 53.1 Å². The van der Waals surface area contributed by atoms with E-state index >= 15 is 0 Å². The average Bonchev–Trinajstić information content (AvgIpc) is 1.55. The molecule has 0 fully saturated rings. The highest BCUT2D eigenvalue weighted by atomic mass is 32.1. The standard InChI is InChI=1S/C47H26N4OS.C44H25N3O.C43H24N4OS/c1-2-12-29(13-3-1)45-48-46(30-20-24-38-35(26-30)41-31-14-6-4-11-28(31)19-25-39(41)52-38)50-47(49-45)51-36-22-18-27-10-5-7-15-32(27)42(36)43-37(51)23-21-34-33-16-8-9-17-40(33)53-44(34)43;1-2-14-27-26(13-1)25-35(43-40(27)34-21-9-12-24-38(34)48-43)41-32-19-7-10-22-36(32)45-44(46-41)47-37-23-11-8-20-33(37)39-30-17-5-3-15-28(30)29-16-4-6-18-31(29)42(39)47;1-2-11-26(12-3-1)41-44-42(27-19-22-35-32(24-27)38-28-13-5-4-10-25(28)18-23-36(38)48-35)46-43(45-41)47-33-16-8-6-15-31(33)39-34(47)21-20-30-29-14-7-9-17-37(29)49-40(30)39/h1-26H;1-25H;1-24H. The van der Waals surface area contributed by atoms with Gasteiger partial charge in [-0.25, -0.2) is 19.9 Å². The number of hydrogen-bond donors (Lipinski definition) is 0. The van der Waals surface area contributed by atoms with Gasteiger partial charge in [0.2, 0.25) is 17.8 Å². The van der Waals surface area contributed by atoms with Gasteiger partial charge in [-0.2, -0.15) is 19.9 Å². The predicted molar refractivity (Wildman–Crippen MR) is 622 cm³/mol. The molecule has 34 rings (SSSR count). The lowest BCUT2D eigenvalue weighted by Gasteiger charge is -2.14. The molecular weight excluding hydrogens is 1880 g/mol. The molecule has 0 aliphatic rings. The van der Waals surface area contributed by atoms with Crippen molar-refractivity contribution in [1.29, 1.82) is 0 Å². The molecule has 696 valence electrons. The van der Waals surface area contributed by atoms with Crippen LogP contribution in [-0.4, -0.2) is 53.6 Å². The third-order valence-electron chi connectivity index (χ3n) is 30.3. The lowest BCUT2D eigenvalue weighted by Crippen LogP contribution is -2.06. The molecule has 0 spiro atoms.